The van der Waals surface area contributed by atoms with Gasteiger partial charge in [0.2, 0.25) is 0 Å². The molecule has 1 fully saturated rings. The molecular formula is C15H23N3O. The lowest BCUT2D eigenvalue weighted by atomic mass is 10.1. The van der Waals surface area contributed by atoms with Crippen LogP contribution in [0.1, 0.15) is 35.7 Å². The number of anilines is 1. The molecule has 1 aliphatic rings. The molecule has 0 aliphatic carbocycles. The van der Waals surface area contributed by atoms with E-state index in [1.165, 1.54) is 12.8 Å². The van der Waals surface area contributed by atoms with Crippen LogP contribution in [0, 0.1) is 6.92 Å². The summed E-state index contributed by atoms with van der Waals surface area (Å²) in [6, 6.07) is 5.61. The van der Waals surface area contributed by atoms with Crippen LogP contribution in [0.4, 0.5) is 5.69 Å². The molecule has 0 aromatic heterocycles. The topological polar surface area (TPSA) is 58.4 Å². The molecule has 0 bridgehead atoms. The maximum absolute atomic E-state index is 12.2. The van der Waals surface area contributed by atoms with Crippen LogP contribution in [-0.4, -0.2) is 36.5 Å². The fourth-order valence-electron chi connectivity index (χ4n) is 2.58. The van der Waals surface area contributed by atoms with Gasteiger partial charge >= 0.3 is 0 Å². The summed E-state index contributed by atoms with van der Waals surface area (Å²) < 4.78 is 0. The lowest BCUT2D eigenvalue weighted by Crippen LogP contribution is -2.41. The highest BCUT2D eigenvalue weighted by atomic mass is 16.1. The third kappa shape index (κ3) is 3.70. The first-order chi connectivity index (χ1) is 9.06. The molecule has 4 nitrogen and oxygen atoms in total. The van der Waals surface area contributed by atoms with Crippen molar-refractivity contribution in [2.75, 3.05) is 25.4 Å². The summed E-state index contributed by atoms with van der Waals surface area (Å²) in [6.07, 6.45) is 2.55. The minimum Gasteiger partial charge on any atom is -0.399 e. The van der Waals surface area contributed by atoms with Crippen molar-refractivity contribution in [1.29, 1.82) is 0 Å². The van der Waals surface area contributed by atoms with E-state index >= 15 is 0 Å². The summed E-state index contributed by atoms with van der Waals surface area (Å²) in [7, 11) is 0. The number of hydrogen-bond donors (Lipinski definition) is 2. The maximum Gasteiger partial charge on any atom is 0.251 e. The van der Waals surface area contributed by atoms with Crippen molar-refractivity contribution in [3.8, 4) is 0 Å². The van der Waals surface area contributed by atoms with E-state index in [4.69, 9.17) is 5.73 Å². The molecule has 1 amide bonds. The second-order valence-corrected chi connectivity index (χ2v) is 5.46. The number of likely N-dealkylation sites (tertiary alicyclic amines) is 1. The molecule has 19 heavy (non-hydrogen) atoms. The van der Waals surface area contributed by atoms with E-state index < -0.39 is 0 Å². The number of nitrogen functional groups attached to an aromatic ring is 1. The number of nitrogens with zero attached hydrogens (tertiary/aromatic N) is 1. The van der Waals surface area contributed by atoms with E-state index in [2.05, 4.69) is 17.1 Å². The van der Waals surface area contributed by atoms with Crippen LogP contribution in [0.3, 0.4) is 0 Å². The lowest BCUT2D eigenvalue weighted by Gasteiger charge is -2.21. The predicted molar refractivity (Wildman–Crippen MR) is 78.2 cm³/mol. The third-order valence-corrected chi connectivity index (χ3v) is 3.61. The first kappa shape index (κ1) is 13.9. The van der Waals surface area contributed by atoms with Crippen LogP contribution in [0.5, 0.6) is 0 Å². The minimum atomic E-state index is -0.0310. The molecular weight excluding hydrogens is 238 g/mol. The second kappa shape index (κ2) is 6.06. The van der Waals surface area contributed by atoms with Gasteiger partial charge in [0.1, 0.15) is 0 Å². The first-order valence-corrected chi connectivity index (χ1v) is 6.95. The Kier molecular flexibility index (Phi) is 4.43. The lowest BCUT2D eigenvalue weighted by molar-refractivity contribution is 0.0931. The van der Waals surface area contributed by atoms with Crippen molar-refractivity contribution in [2.45, 2.75) is 32.7 Å². The van der Waals surface area contributed by atoms with Gasteiger partial charge in [-0.1, -0.05) is 6.07 Å². The Labute approximate surface area is 115 Å². The predicted octanol–water partition coefficient (Wildman–Crippen LogP) is 1.79. The Morgan fingerprint density at radius 1 is 1.42 bits per heavy atom. The van der Waals surface area contributed by atoms with Crippen LogP contribution in [0.15, 0.2) is 18.2 Å². The highest BCUT2D eigenvalue weighted by molar-refractivity contribution is 5.96. The average molecular weight is 261 g/mol. The van der Waals surface area contributed by atoms with E-state index in [-0.39, 0.29) is 11.9 Å². The van der Waals surface area contributed by atoms with Crippen LogP contribution in [-0.2, 0) is 0 Å². The van der Waals surface area contributed by atoms with Crippen molar-refractivity contribution >= 4 is 11.6 Å². The summed E-state index contributed by atoms with van der Waals surface area (Å²) >= 11 is 0. The van der Waals surface area contributed by atoms with E-state index in [1.54, 1.807) is 6.07 Å². The van der Waals surface area contributed by atoms with Gasteiger partial charge in [0.25, 0.3) is 5.91 Å². The van der Waals surface area contributed by atoms with E-state index in [1.807, 2.05) is 19.1 Å². The van der Waals surface area contributed by atoms with Crippen LogP contribution in [0.25, 0.3) is 0 Å². The summed E-state index contributed by atoms with van der Waals surface area (Å²) in [5, 5.41) is 3.05. The average Bonchev–Trinajstić information content (AvgIpc) is 2.84. The molecule has 1 atom stereocenters. The zero-order valence-electron chi connectivity index (χ0n) is 11.8. The SMILES string of the molecule is Cc1ccc(N)cc1C(=O)NC(C)CN1CCCC1. The number of carbonyl (C=O) groups is 1. The summed E-state index contributed by atoms with van der Waals surface area (Å²) in [4.78, 5) is 14.6. The summed E-state index contributed by atoms with van der Waals surface area (Å²) in [5.41, 5.74) is 8.00. The van der Waals surface area contributed by atoms with Gasteiger partial charge in [-0.2, -0.15) is 0 Å². The van der Waals surface area contributed by atoms with Gasteiger partial charge in [0, 0.05) is 23.8 Å². The fourth-order valence-corrected chi connectivity index (χ4v) is 2.58. The zero-order chi connectivity index (χ0) is 13.8. The number of carbonyl (C=O) groups excluding carboxylic acids is 1. The number of benzene rings is 1. The number of amides is 1. The maximum atomic E-state index is 12.2. The fraction of sp³-hybridized carbons (Fsp3) is 0.533. The molecule has 1 aliphatic heterocycles. The largest absolute Gasteiger partial charge is 0.399 e. The standard InChI is InChI=1S/C15H23N3O/c1-11-5-6-13(16)9-14(11)15(19)17-12(2)10-18-7-3-4-8-18/h5-6,9,12H,3-4,7-8,10,16H2,1-2H3,(H,17,19). The molecule has 0 radical (unpaired) electrons. The normalized spacial score (nSPS) is 17.4. The van der Waals surface area contributed by atoms with E-state index in [0.717, 1.165) is 25.2 Å². The van der Waals surface area contributed by atoms with Gasteiger partial charge < -0.3 is 16.0 Å². The highest BCUT2D eigenvalue weighted by Crippen LogP contribution is 2.13. The van der Waals surface area contributed by atoms with Gasteiger partial charge in [-0.15, -0.1) is 0 Å². The Morgan fingerprint density at radius 3 is 2.79 bits per heavy atom. The molecule has 0 spiro atoms. The van der Waals surface area contributed by atoms with Crippen molar-refractivity contribution in [2.24, 2.45) is 0 Å². The Balaban J connectivity index is 1.94. The van der Waals surface area contributed by atoms with Crippen LogP contribution < -0.4 is 11.1 Å². The molecule has 1 aromatic rings. The number of nitrogens with two attached hydrogens (primary N) is 1. The second-order valence-electron chi connectivity index (χ2n) is 5.46. The van der Waals surface area contributed by atoms with Gasteiger partial charge in [-0.25, -0.2) is 0 Å². The Hall–Kier alpha value is -1.55. The molecule has 104 valence electrons. The monoisotopic (exact) mass is 261 g/mol. The highest BCUT2D eigenvalue weighted by Gasteiger charge is 2.17. The number of aryl methyl sites for hydroxylation is 1. The van der Waals surface area contributed by atoms with Crippen molar-refractivity contribution in [1.82, 2.24) is 10.2 Å². The Morgan fingerprint density at radius 2 is 2.11 bits per heavy atom. The number of rotatable bonds is 4. The summed E-state index contributed by atoms with van der Waals surface area (Å²) in [6.45, 7) is 7.21. The molecule has 1 unspecified atom stereocenters. The summed E-state index contributed by atoms with van der Waals surface area (Å²) in [5.74, 6) is -0.0310. The van der Waals surface area contributed by atoms with Gasteiger partial charge in [-0.05, 0) is 57.5 Å². The van der Waals surface area contributed by atoms with Gasteiger partial charge in [0.05, 0.1) is 0 Å². The third-order valence-electron chi connectivity index (χ3n) is 3.61. The van der Waals surface area contributed by atoms with Gasteiger partial charge in [-0.3, -0.25) is 4.79 Å². The quantitative estimate of drug-likeness (QED) is 0.812. The van der Waals surface area contributed by atoms with Crippen molar-refractivity contribution < 1.29 is 4.79 Å². The minimum absolute atomic E-state index is 0.0310. The smallest absolute Gasteiger partial charge is 0.251 e. The Bertz CT molecular complexity index is 453. The first-order valence-electron chi connectivity index (χ1n) is 6.95. The van der Waals surface area contributed by atoms with Crippen molar-refractivity contribution in [3.63, 3.8) is 0 Å². The van der Waals surface area contributed by atoms with Crippen LogP contribution >= 0.6 is 0 Å². The van der Waals surface area contributed by atoms with E-state index in [0.29, 0.717) is 11.3 Å². The van der Waals surface area contributed by atoms with E-state index in [9.17, 15) is 4.79 Å². The zero-order valence-corrected chi connectivity index (χ0v) is 11.8. The van der Waals surface area contributed by atoms with Crippen LogP contribution in [0.2, 0.25) is 0 Å². The number of nitrogens with one attached hydrogen (secondary N) is 1. The molecule has 0 saturated carbocycles. The molecule has 4 heteroatoms. The number of hydrogen-bond acceptors (Lipinski definition) is 3. The molecule has 1 aromatic carbocycles. The molecule has 2 rings (SSSR count). The molecule has 3 N–H and O–H groups in total. The molecule has 1 heterocycles. The van der Waals surface area contributed by atoms with Crippen molar-refractivity contribution in [3.05, 3.63) is 29.3 Å². The molecule has 1 saturated heterocycles. The van der Waals surface area contributed by atoms with Gasteiger partial charge in [0.15, 0.2) is 0 Å².